The van der Waals surface area contributed by atoms with Gasteiger partial charge in [-0.15, -0.1) is 45.3 Å². The van der Waals surface area contributed by atoms with Gasteiger partial charge in [-0.25, -0.2) is 0 Å². The van der Waals surface area contributed by atoms with Crippen molar-refractivity contribution in [2.45, 2.75) is 117 Å². The van der Waals surface area contributed by atoms with Gasteiger partial charge in [-0.1, -0.05) is 164 Å². The Kier molecular flexibility index (Phi) is 16.9. The number of hydrogen-bond acceptors (Lipinski definition) is 12. The second-order valence-electron chi connectivity index (χ2n) is 36.0. The van der Waals surface area contributed by atoms with Crippen LogP contribution in [0.1, 0.15) is 83.1 Å². The Balaban J connectivity index is 0.000000106. The number of furan rings is 2. The fraction of sp³-hybridized carbons (Fsp3) is 0.170. The van der Waals surface area contributed by atoms with Crippen LogP contribution in [0.4, 0.5) is 0 Å². The number of fused-ring (bicyclic) bond motifs is 23. The first-order chi connectivity index (χ1) is 58.3. The number of thiophene rings is 4. The lowest BCUT2D eigenvalue weighted by Gasteiger charge is -2.32. The van der Waals surface area contributed by atoms with E-state index in [1.54, 1.807) is 0 Å². The fourth-order valence-corrected chi connectivity index (χ4v) is 22.9. The first-order valence-corrected chi connectivity index (χ1v) is 45.0. The number of rotatable bonds is 6. The molecule has 3 fully saturated rings. The molecule has 0 N–H and O–H groups in total. The fourth-order valence-electron chi connectivity index (χ4n) is 18.4. The summed E-state index contributed by atoms with van der Waals surface area (Å²) in [7, 11) is -1.32. The van der Waals surface area contributed by atoms with Crippen LogP contribution >= 0.6 is 45.3 Å². The van der Waals surface area contributed by atoms with Crippen LogP contribution in [0.15, 0.2) is 294 Å². The minimum atomic E-state index is -0.479. The highest BCUT2D eigenvalue weighted by Crippen LogP contribution is 2.49. The van der Waals surface area contributed by atoms with E-state index < -0.39 is 36.6 Å². The molecular formula is C106H83B3O8S4. The maximum atomic E-state index is 6.61. The van der Waals surface area contributed by atoms with Gasteiger partial charge in [0.25, 0.3) is 0 Å². The summed E-state index contributed by atoms with van der Waals surface area (Å²) in [6, 6.07) is 104. The molecule has 3 aliphatic rings. The van der Waals surface area contributed by atoms with Gasteiger partial charge in [-0.3, -0.25) is 0 Å². The normalized spacial score (nSPS) is 16.7. The third-order valence-corrected chi connectivity index (χ3v) is 31.6. The largest absolute Gasteiger partial charge is 0.495 e. The summed E-state index contributed by atoms with van der Waals surface area (Å²) >= 11 is 7.43. The molecule has 16 aromatic carbocycles. The molecule has 0 unspecified atom stereocenters. The molecule has 25 rings (SSSR count). The smallest absolute Gasteiger partial charge is 0.456 e. The zero-order chi connectivity index (χ0) is 82.1. The van der Waals surface area contributed by atoms with E-state index in [9.17, 15) is 0 Å². The Labute approximate surface area is 717 Å². The molecule has 3 aliphatic heterocycles. The second-order valence-corrected chi connectivity index (χ2v) is 40.4. The van der Waals surface area contributed by atoms with Gasteiger partial charge >= 0.3 is 21.4 Å². The van der Waals surface area contributed by atoms with Crippen LogP contribution in [0.25, 0.3) is 201 Å². The Morgan fingerprint density at radius 2 is 0.529 bits per heavy atom. The van der Waals surface area contributed by atoms with Gasteiger partial charge in [0.05, 0.1) is 33.6 Å². The molecule has 6 aromatic heterocycles. The first kappa shape index (κ1) is 75.0. The highest BCUT2D eigenvalue weighted by Gasteiger charge is 2.55. The number of benzene rings is 16. The van der Waals surface area contributed by atoms with Crippen molar-refractivity contribution in [2.24, 2.45) is 0 Å². The minimum absolute atomic E-state index is 0.374. The summed E-state index contributed by atoms with van der Waals surface area (Å²) in [6.07, 6.45) is 0. The van der Waals surface area contributed by atoms with Crippen molar-refractivity contribution in [3.8, 4) is 33.4 Å². The lowest BCUT2D eigenvalue weighted by molar-refractivity contribution is 0.00578. The Hall–Kier alpha value is -11.0. The maximum Gasteiger partial charge on any atom is 0.495 e. The molecule has 0 aliphatic carbocycles. The molecular weight excluding hydrogens is 1560 g/mol. The average Bonchev–Trinajstić information content (AvgIpc) is 1.58. The molecule has 22 aromatic rings. The van der Waals surface area contributed by atoms with Crippen LogP contribution in [0.3, 0.4) is 0 Å². The Morgan fingerprint density at radius 1 is 0.207 bits per heavy atom. The standard InChI is InChI=1S/C38H29BO3S.C34H27BO3S.C34H27BO2S2/c1-37(2)38(3,4)42-39(41-37)31-14-9-15-32-35(31)30-21-27(25-12-7-8-13-26(25)36(30)40-32)24-16-17-33-28(19-24)29-18-22-10-5-6-11-23(22)20-34(29)43-33;1-33(2)34(3,4)38-35(37-33)27-10-7-11-29-32(27)26-18-22(12-14-28(26)36-29)23-13-15-30-24(17-23)25-16-20-8-5-6-9-21(20)19-31(25)39-30;1-33(2)34(3,4)37-35(36-33)27-10-7-11-30-32(27)26-18-23(13-15-29(26)38-30)22-12-14-28-24(17-22)25-16-20-8-5-6-9-21(20)19-31(25)39-28/h5-21H,1-4H3;2*5-19H,1-4H3. The van der Waals surface area contributed by atoms with Crippen molar-refractivity contribution >= 4 is 251 Å². The van der Waals surface area contributed by atoms with E-state index in [0.29, 0.717) is 0 Å². The topological polar surface area (TPSA) is 81.7 Å². The molecule has 3 saturated heterocycles. The van der Waals surface area contributed by atoms with Gasteiger partial charge in [0.2, 0.25) is 0 Å². The summed E-state index contributed by atoms with van der Waals surface area (Å²) in [4.78, 5) is 0. The van der Waals surface area contributed by atoms with E-state index in [4.69, 9.17) is 36.8 Å². The van der Waals surface area contributed by atoms with E-state index in [1.807, 2.05) is 69.6 Å². The van der Waals surface area contributed by atoms with E-state index in [-0.39, 0.29) is 18.3 Å². The Bertz CT molecular complexity index is 7780. The van der Waals surface area contributed by atoms with Crippen LogP contribution in [-0.2, 0) is 27.9 Å². The average molecular weight is 1650 g/mol. The van der Waals surface area contributed by atoms with Gasteiger partial charge < -0.3 is 36.8 Å². The molecule has 15 heteroatoms. The van der Waals surface area contributed by atoms with Gasteiger partial charge in [-0.05, 0) is 292 Å². The first-order valence-electron chi connectivity index (χ1n) is 41.7. The van der Waals surface area contributed by atoms with Crippen LogP contribution in [0.2, 0.25) is 0 Å². The monoisotopic (exact) mass is 1640 g/mol. The summed E-state index contributed by atoms with van der Waals surface area (Å²) < 4.78 is 62.3. The third kappa shape index (κ3) is 12.1. The maximum absolute atomic E-state index is 6.61. The molecule has 0 atom stereocenters. The van der Waals surface area contributed by atoms with Crippen LogP contribution in [0, 0.1) is 0 Å². The van der Waals surface area contributed by atoms with Crippen molar-refractivity contribution in [3.05, 3.63) is 285 Å². The highest BCUT2D eigenvalue weighted by molar-refractivity contribution is 7.27. The van der Waals surface area contributed by atoms with E-state index in [1.165, 1.54) is 146 Å². The summed E-state index contributed by atoms with van der Waals surface area (Å²) in [5.41, 5.74) is 11.4. The molecule has 8 nitrogen and oxygen atoms in total. The summed E-state index contributed by atoms with van der Waals surface area (Å²) in [6.45, 7) is 25.2. The molecule has 588 valence electrons. The molecule has 0 bridgehead atoms. The highest BCUT2D eigenvalue weighted by atomic mass is 32.1. The van der Waals surface area contributed by atoms with Crippen molar-refractivity contribution < 1.29 is 36.8 Å². The van der Waals surface area contributed by atoms with Crippen molar-refractivity contribution in [3.63, 3.8) is 0 Å². The minimum Gasteiger partial charge on any atom is -0.456 e. The van der Waals surface area contributed by atoms with Crippen molar-refractivity contribution in [1.29, 1.82) is 0 Å². The lowest BCUT2D eigenvalue weighted by atomic mass is 9.76. The predicted octanol–water partition coefficient (Wildman–Crippen LogP) is 28.8. The van der Waals surface area contributed by atoms with Crippen molar-refractivity contribution in [1.82, 2.24) is 0 Å². The predicted molar refractivity (Wildman–Crippen MR) is 519 cm³/mol. The van der Waals surface area contributed by atoms with Crippen LogP contribution in [0.5, 0.6) is 0 Å². The molecule has 9 heterocycles. The van der Waals surface area contributed by atoms with Gasteiger partial charge in [0.1, 0.15) is 22.3 Å². The molecule has 0 radical (unpaired) electrons. The summed E-state index contributed by atoms with van der Waals surface area (Å²) in [5.74, 6) is 0. The van der Waals surface area contributed by atoms with Crippen LogP contribution < -0.4 is 16.4 Å². The second kappa shape index (κ2) is 27.2. The Morgan fingerprint density at radius 3 is 0.975 bits per heavy atom. The van der Waals surface area contributed by atoms with E-state index in [0.717, 1.165) is 71.2 Å². The van der Waals surface area contributed by atoms with Gasteiger partial charge in [0, 0.05) is 108 Å². The molecule has 0 saturated carbocycles. The zero-order valence-electron chi connectivity index (χ0n) is 69.3. The van der Waals surface area contributed by atoms with Gasteiger partial charge in [-0.2, -0.15) is 0 Å². The molecule has 0 spiro atoms. The van der Waals surface area contributed by atoms with E-state index >= 15 is 0 Å². The SMILES string of the molecule is CC1(C)OB(c2cccc3oc4c5ccccc5c(-c5ccc6sc7cc8ccccc8cc7c6c5)cc4c23)OC1(C)C.CC1(C)OB(c2cccc3oc4ccc(-c5ccc6sc7cc8ccccc8cc7c6c5)cc4c23)OC1(C)C.CC1(C)OB(c2cccc3sc4ccc(-c5ccc6sc7cc8ccccc8cc7c6c5)cc4c23)OC1(C)C. The quantitative estimate of drug-likeness (QED) is 0.152. The zero-order valence-corrected chi connectivity index (χ0v) is 72.5. The lowest BCUT2D eigenvalue weighted by Crippen LogP contribution is -2.41. The molecule has 0 amide bonds. The van der Waals surface area contributed by atoms with Crippen LogP contribution in [-0.4, -0.2) is 55.0 Å². The van der Waals surface area contributed by atoms with E-state index in [2.05, 4.69) is 344 Å². The van der Waals surface area contributed by atoms with Gasteiger partial charge in [0.15, 0.2) is 0 Å². The third-order valence-electron chi connectivity index (χ3n) is 27.1. The summed E-state index contributed by atoms with van der Waals surface area (Å²) in [5, 5.41) is 24.6. The van der Waals surface area contributed by atoms with Crippen molar-refractivity contribution in [2.75, 3.05) is 0 Å². The number of hydrogen-bond donors (Lipinski definition) is 0. The molecule has 121 heavy (non-hydrogen) atoms.